The Hall–Kier alpha value is -2.11. The van der Waals surface area contributed by atoms with Gasteiger partial charge in [-0.15, -0.1) is 0 Å². The molecule has 2 aromatic carbocycles. The Morgan fingerprint density at radius 2 is 1.35 bits per heavy atom. The summed E-state index contributed by atoms with van der Waals surface area (Å²) in [6, 6.07) is 9.88. The Labute approximate surface area is 176 Å². The zero-order chi connectivity index (χ0) is 22.9. The number of hydrogen-bond acceptors (Lipinski definition) is 3. The molecule has 0 aliphatic carbocycles. The Kier molecular flexibility index (Phi) is 6.68. The van der Waals surface area contributed by atoms with E-state index < -0.39 is 38.4 Å². The molecule has 3 rings (SSSR count). The number of sulfonamides is 1. The van der Waals surface area contributed by atoms with Crippen molar-refractivity contribution in [1.29, 1.82) is 0 Å². The Balaban J connectivity index is 1.85. The Bertz CT molecular complexity index is 974. The van der Waals surface area contributed by atoms with Gasteiger partial charge in [-0.05, 0) is 36.7 Å². The highest BCUT2D eigenvalue weighted by Crippen LogP contribution is 2.37. The van der Waals surface area contributed by atoms with E-state index in [0.29, 0.717) is 26.1 Å². The number of hydrogen-bond donors (Lipinski definition) is 0. The predicted octanol–water partition coefficient (Wildman–Crippen LogP) is 4.62. The molecule has 0 aromatic heterocycles. The van der Waals surface area contributed by atoms with E-state index in [1.165, 1.54) is 0 Å². The van der Waals surface area contributed by atoms with Crippen LogP contribution in [0.3, 0.4) is 0 Å². The van der Waals surface area contributed by atoms with Crippen LogP contribution in [0.15, 0.2) is 53.4 Å². The molecule has 170 valence electrons. The molecule has 1 heterocycles. The van der Waals surface area contributed by atoms with E-state index in [4.69, 9.17) is 0 Å². The van der Waals surface area contributed by atoms with Gasteiger partial charge in [0.05, 0.1) is 16.0 Å². The maximum Gasteiger partial charge on any atom is 0.416 e. The van der Waals surface area contributed by atoms with Gasteiger partial charge in [0.2, 0.25) is 10.0 Å². The number of rotatable bonds is 4. The van der Waals surface area contributed by atoms with Gasteiger partial charge in [-0.2, -0.15) is 30.6 Å². The molecule has 1 fully saturated rings. The lowest BCUT2D eigenvalue weighted by atomic mass is 10.1. The van der Waals surface area contributed by atoms with Crippen molar-refractivity contribution < 1.29 is 34.8 Å². The summed E-state index contributed by atoms with van der Waals surface area (Å²) in [5.74, 6) is 0. The smallest absolute Gasteiger partial charge is 0.298 e. The molecule has 0 N–H and O–H groups in total. The first-order valence-electron chi connectivity index (χ1n) is 9.43. The minimum Gasteiger partial charge on any atom is -0.298 e. The number of alkyl halides is 6. The van der Waals surface area contributed by atoms with Gasteiger partial charge in [-0.3, -0.25) is 4.90 Å². The van der Waals surface area contributed by atoms with Gasteiger partial charge < -0.3 is 0 Å². The van der Waals surface area contributed by atoms with Gasteiger partial charge in [-0.1, -0.05) is 30.3 Å². The molecule has 0 atom stereocenters. The van der Waals surface area contributed by atoms with Gasteiger partial charge >= 0.3 is 12.4 Å². The highest BCUT2D eigenvalue weighted by Gasteiger charge is 2.39. The zero-order valence-corrected chi connectivity index (χ0v) is 17.1. The van der Waals surface area contributed by atoms with Crippen molar-refractivity contribution in [2.24, 2.45) is 0 Å². The molecular formula is C20H20F6N2O2S. The largest absolute Gasteiger partial charge is 0.416 e. The second-order valence-electron chi connectivity index (χ2n) is 7.26. The highest BCUT2D eigenvalue weighted by molar-refractivity contribution is 7.89. The van der Waals surface area contributed by atoms with Gasteiger partial charge in [0, 0.05) is 26.2 Å². The first-order valence-corrected chi connectivity index (χ1v) is 10.9. The van der Waals surface area contributed by atoms with Gasteiger partial charge in [0.1, 0.15) is 0 Å². The van der Waals surface area contributed by atoms with Crippen LogP contribution in [0, 0.1) is 0 Å². The van der Waals surface area contributed by atoms with E-state index in [-0.39, 0.29) is 31.3 Å². The van der Waals surface area contributed by atoms with Crippen LogP contribution in [-0.4, -0.2) is 43.8 Å². The van der Waals surface area contributed by atoms with E-state index in [0.717, 1.165) is 9.87 Å². The first kappa shape index (κ1) is 23.6. The average Bonchev–Trinajstić information content (AvgIpc) is 2.93. The second kappa shape index (κ2) is 8.79. The summed E-state index contributed by atoms with van der Waals surface area (Å²) in [5.41, 5.74) is -2.28. The number of halogens is 6. The van der Waals surface area contributed by atoms with E-state index in [9.17, 15) is 34.8 Å². The molecule has 2 aromatic rings. The summed E-state index contributed by atoms with van der Waals surface area (Å²) in [5, 5.41) is 0. The molecule has 11 heteroatoms. The van der Waals surface area contributed by atoms with Crippen molar-refractivity contribution in [3.63, 3.8) is 0 Å². The molecule has 4 nitrogen and oxygen atoms in total. The third-order valence-corrected chi connectivity index (χ3v) is 6.87. The molecule has 1 aliphatic heterocycles. The fourth-order valence-corrected chi connectivity index (χ4v) is 4.95. The zero-order valence-electron chi connectivity index (χ0n) is 16.2. The van der Waals surface area contributed by atoms with Crippen LogP contribution < -0.4 is 0 Å². The van der Waals surface area contributed by atoms with Gasteiger partial charge in [0.25, 0.3) is 0 Å². The standard InChI is InChI=1S/C20H20F6N2O2S/c21-19(22,23)16-11-17(20(24,25)26)13-18(12-16)31(29,30)28-8-4-7-27(9-10-28)14-15-5-2-1-3-6-15/h1-3,5-6,11-13H,4,7-10,14H2. The van der Waals surface area contributed by atoms with E-state index in [1.807, 2.05) is 35.2 Å². The van der Waals surface area contributed by atoms with Crippen LogP contribution in [0.25, 0.3) is 0 Å². The van der Waals surface area contributed by atoms with E-state index in [1.54, 1.807) is 0 Å². The summed E-state index contributed by atoms with van der Waals surface area (Å²) < 4.78 is 105. The molecule has 1 saturated heterocycles. The summed E-state index contributed by atoms with van der Waals surface area (Å²) in [4.78, 5) is 0.990. The normalized spacial score (nSPS) is 17.5. The summed E-state index contributed by atoms with van der Waals surface area (Å²) in [7, 11) is -4.54. The molecule has 0 amide bonds. The van der Waals surface area contributed by atoms with Crippen LogP contribution in [0.4, 0.5) is 26.3 Å². The van der Waals surface area contributed by atoms with E-state index >= 15 is 0 Å². The molecule has 0 bridgehead atoms. The quantitative estimate of drug-likeness (QED) is 0.618. The molecule has 1 aliphatic rings. The summed E-state index contributed by atoms with van der Waals surface area (Å²) in [6.07, 6.45) is -9.83. The highest BCUT2D eigenvalue weighted by atomic mass is 32.2. The van der Waals surface area contributed by atoms with Crippen LogP contribution in [-0.2, 0) is 28.9 Å². The average molecular weight is 466 g/mol. The Morgan fingerprint density at radius 3 is 1.90 bits per heavy atom. The molecule has 0 saturated carbocycles. The molecule has 0 unspecified atom stereocenters. The summed E-state index contributed by atoms with van der Waals surface area (Å²) in [6.45, 7) is 1.39. The van der Waals surface area contributed by atoms with Crippen molar-refractivity contribution in [3.8, 4) is 0 Å². The monoisotopic (exact) mass is 466 g/mol. The van der Waals surface area contributed by atoms with Crippen molar-refractivity contribution in [2.75, 3.05) is 26.2 Å². The number of benzene rings is 2. The molecular weight excluding hydrogens is 446 g/mol. The van der Waals surface area contributed by atoms with Crippen molar-refractivity contribution in [2.45, 2.75) is 30.2 Å². The van der Waals surface area contributed by atoms with Crippen LogP contribution in [0.1, 0.15) is 23.1 Å². The SMILES string of the molecule is O=S(=O)(c1cc(C(F)(F)F)cc(C(F)(F)F)c1)N1CCCN(Cc2ccccc2)CC1. The maximum absolute atomic E-state index is 13.1. The topological polar surface area (TPSA) is 40.6 Å². The lowest BCUT2D eigenvalue weighted by Crippen LogP contribution is -2.35. The number of nitrogens with zero attached hydrogens (tertiary/aromatic N) is 2. The lowest BCUT2D eigenvalue weighted by molar-refractivity contribution is -0.143. The third kappa shape index (κ3) is 5.78. The molecule has 0 radical (unpaired) electrons. The van der Waals surface area contributed by atoms with Crippen LogP contribution in [0.5, 0.6) is 0 Å². The first-order chi connectivity index (χ1) is 14.4. The van der Waals surface area contributed by atoms with Crippen molar-refractivity contribution in [3.05, 3.63) is 65.2 Å². The molecule has 31 heavy (non-hydrogen) atoms. The van der Waals surface area contributed by atoms with E-state index in [2.05, 4.69) is 0 Å². The Morgan fingerprint density at radius 1 is 0.774 bits per heavy atom. The van der Waals surface area contributed by atoms with Gasteiger partial charge in [-0.25, -0.2) is 8.42 Å². The summed E-state index contributed by atoms with van der Waals surface area (Å²) >= 11 is 0. The van der Waals surface area contributed by atoms with Crippen LogP contribution >= 0.6 is 0 Å². The predicted molar refractivity (Wildman–Crippen MR) is 102 cm³/mol. The third-order valence-electron chi connectivity index (χ3n) is 5.00. The minimum atomic E-state index is -5.11. The van der Waals surface area contributed by atoms with Crippen molar-refractivity contribution >= 4 is 10.0 Å². The van der Waals surface area contributed by atoms with Crippen molar-refractivity contribution in [1.82, 2.24) is 9.21 Å². The maximum atomic E-state index is 13.1. The second-order valence-corrected chi connectivity index (χ2v) is 9.20. The fraction of sp³-hybridized carbons (Fsp3) is 0.400. The molecule has 0 spiro atoms. The van der Waals surface area contributed by atoms with Crippen LogP contribution in [0.2, 0.25) is 0 Å². The fourth-order valence-electron chi connectivity index (χ4n) is 3.41. The van der Waals surface area contributed by atoms with Gasteiger partial charge in [0.15, 0.2) is 0 Å². The lowest BCUT2D eigenvalue weighted by Gasteiger charge is -2.23. The minimum absolute atomic E-state index is 0.00518.